The SMILES string of the molecule is CC(C)(C)OC(=O)N1CCCCN1C(=O)c1ccc2oc(=O)[nH]c2n1. The normalized spacial score (nSPS) is 15.5. The summed E-state index contributed by atoms with van der Waals surface area (Å²) in [6.45, 7) is 6.09. The zero-order valence-electron chi connectivity index (χ0n) is 14.4. The molecule has 0 bridgehead atoms. The van der Waals surface area contributed by atoms with Gasteiger partial charge in [-0.2, -0.15) is 0 Å². The Morgan fingerprint density at radius 1 is 1.20 bits per heavy atom. The van der Waals surface area contributed by atoms with Crippen LogP contribution in [0.15, 0.2) is 21.3 Å². The number of oxazole rings is 1. The third kappa shape index (κ3) is 3.65. The van der Waals surface area contributed by atoms with E-state index < -0.39 is 23.4 Å². The van der Waals surface area contributed by atoms with Gasteiger partial charge in [0.2, 0.25) is 0 Å². The molecule has 25 heavy (non-hydrogen) atoms. The molecule has 9 heteroatoms. The highest BCUT2D eigenvalue weighted by atomic mass is 16.6. The van der Waals surface area contributed by atoms with Crippen LogP contribution in [0.25, 0.3) is 11.2 Å². The number of hydrogen-bond donors (Lipinski definition) is 1. The number of H-pyrrole nitrogens is 1. The summed E-state index contributed by atoms with van der Waals surface area (Å²) in [4.78, 5) is 43.0. The van der Waals surface area contributed by atoms with Crippen molar-refractivity contribution in [1.29, 1.82) is 0 Å². The number of hydrogen-bond acceptors (Lipinski definition) is 6. The van der Waals surface area contributed by atoms with Gasteiger partial charge in [0.25, 0.3) is 5.91 Å². The fourth-order valence-electron chi connectivity index (χ4n) is 2.57. The van der Waals surface area contributed by atoms with Crippen LogP contribution in [-0.2, 0) is 4.74 Å². The molecule has 1 aliphatic heterocycles. The van der Waals surface area contributed by atoms with Crippen molar-refractivity contribution >= 4 is 23.2 Å². The van der Waals surface area contributed by atoms with Crippen molar-refractivity contribution in [2.24, 2.45) is 0 Å². The van der Waals surface area contributed by atoms with Crippen LogP contribution < -0.4 is 5.76 Å². The molecular weight excluding hydrogens is 328 g/mol. The summed E-state index contributed by atoms with van der Waals surface area (Å²) in [5.74, 6) is -1.07. The molecular formula is C16H20N4O5. The predicted molar refractivity (Wildman–Crippen MR) is 87.8 cm³/mol. The van der Waals surface area contributed by atoms with E-state index in [0.717, 1.165) is 12.8 Å². The van der Waals surface area contributed by atoms with Gasteiger partial charge in [0.05, 0.1) is 0 Å². The number of carbonyl (C=O) groups is 2. The lowest BCUT2D eigenvalue weighted by Gasteiger charge is -2.38. The second-order valence-electron chi connectivity index (χ2n) is 6.80. The summed E-state index contributed by atoms with van der Waals surface area (Å²) >= 11 is 0. The van der Waals surface area contributed by atoms with E-state index in [1.807, 2.05) is 0 Å². The van der Waals surface area contributed by atoms with Crippen molar-refractivity contribution in [3.63, 3.8) is 0 Å². The Hall–Kier alpha value is -2.84. The minimum absolute atomic E-state index is 0.111. The smallest absolute Gasteiger partial charge is 0.429 e. The van der Waals surface area contributed by atoms with Crippen molar-refractivity contribution in [2.75, 3.05) is 13.1 Å². The number of pyridine rings is 1. The maximum atomic E-state index is 12.8. The Morgan fingerprint density at radius 2 is 1.88 bits per heavy atom. The molecule has 1 fully saturated rings. The number of aromatic nitrogens is 2. The van der Waals surface area contributed by atoms with Gasteiger partial charge in [-0.05, 0) is 45.7 Å². The summed E-state index contributed by atoms with van der Waals surface area (Å²) in [6.07, 6.45) is 0.985. The van der Waals surface area contributed by atoms with E-state index in [1.165, 1.54) is 22.2 Å². The first-order valence-corrected chi connectivity index (χ1v) is 8.07. The van der Waals surface area contributed by atoms with E-state index in [1.54, 1.807) is 20.8 Å². The van der Waals surface area contributed by atoms with E-state index >= 15 is 0 Å². The van der Waals surface area contributed by atoms with Crippen LogP contribution in [-0.4, -0.2) is 50.7 Å². The van der Waals surface area contributed by atoms with E-state index in [4.69, 9.17) is 9.15 Å². The van der Waals surface area contributed by atoms with Gasteiger partial charge in [-0.25, -0.2) is 24.6 Å². The van der Waals surface area contributed by atoms with Crippen LogP contribution >= 0.6 is 0 Å². The first kappa shape index (κ1) is 17.0. The van der Waals surface area contributed by atoms with E-state index in [2.05, 4.69) is 9.97 Å². The first-order chi connectivity index (χ1) is 11.7. The van der Waals surface area contributed by atoms with Gasteiger partial charge in [0.1, 0.15) is 11.3 Å². The Labute approximate surface area is 143 Å². The zero-order chi connectivity index (χ0) is 18.2. The van der Waals surface area contributed by atoms with Crippen molar-refractivity contribution < 1.29 is 18.7 Å². The highest BCUT2D eigenvalue weighted by Crippen LogP contribution is 2.19. The van der Waals surface area contributed by atoms with Gasteiger partial charge in [-0.1, -0.05) is 0 Å². The van der Waals surface area contributed by atoms with E-state index in [0.29, 0.717) is 13.1 Å². The van der Waals surface area contributed by atoms with Crippen molar-refractivity contribution in [2.45, 2.75) is 39.2 Å². The number of ether oxygens (including phenoxy) is 1. The quantitative estimate of drug-likeness (QED) is 0.843. The number of carbonyl (C=O) groups excluding carboxylic acids is 2. The number of rotatable bonds is 1. The van der Waals surface area contributed by atoms with Gasteiger partial charge in [0, 0.05) is 13.1 Å². The minimum atomic E-state index is -0.656. The Bertz CT molecular complexity index is 863. The molecule has 3 rings (SSSR count). The van der Waals surface area contributed by atoms with Crippen LogP contribution in [0.1, 0.15) is 44.1 Å². The molecule has 1 saturated heterocycles. The second-order valence-corrected chi connectivity index (χ2v) is 6.80. The average Bonchev–Trinajstić information content (AvgIpc) is 2.91. The van der Waals surface area contributed by atoms with Crippen LogP contribution in [0.5, 0.6) is 0 Å². The number of fused-ring (bicyclic) bond motifs is 1. The molecule has 0 aromatic carbocycles. The summed E-state index contributed by atoms with van der Waals surface area (Å²) in [6, 6.07) is 2.96. The third-order valence-corrected chi connectivity index (χ3v) is 3.62. The van der Waals surface area contributed by atoms with E-state index in [9.17, 15) is 14.4 Å². The lowest BCUT2D eigenvalue weighted by atomic mass is 10.2. The number of aromatic amines is 1. The van der Waals surface area contributed by atoms with Crippen molar-refractivity contribution in [1.82, 2.24) is 20.0 Å². The lowest BCUT2D eigenvalue weighted by Crippen LogP contribution is -2.54. The fourth-order valence-corrected chi connectivity index (χ4v) is 2.57. The Morgan fingerprint density at radius 3 is 2.56 bits per heavy atom. The second kappa shape index (κ2) is 6.23. The molecule has 2 aromatic heterocycles. The average molecular weight is 348 g/mol. The highest BCUT2D eigenvalue weighted by molar-refractivity contribution is 5.94. The van der Waals surface area contributed by atoms with Crippen molar-refractivity contribution in [3.8, 4) is 0 Å². The number of hydrazine groups is 1. The summed E-state index contributed by atoms with van der Waals surface area (Å²) in [7, 11) is 0. The van der Waals surface area contributed by atoms with Crippen LogP contribution in [0.2, 0.25) is 0 Å². The maximum Gasteiger partial charge on any atom is 0.429 e. The molecule has 2 amide bonds. The molecule has 1 aliphatic rings. The largest absolute Gasteiger partial charge is 0.442 e. The number of amides is 2. The molecule has 0 unspecified atom stereocenters. The molecule has 0 atom stereocenters. The molecule has 0 radical (unpaired) electrons. The van der Waals surface area contributed by atoms with Gasteiger partial charge in [-0.15, -0.1) is 0 Å². The molecule has 1 N–H and O–H groups in total. The van der Waals surface area contributed by atoms with Gasteiger partial charge in [-0.3, -0.25) is 9.78 Å². The van der Waals surface area contributed by atoms with Gasteiger partial charge >= 0.3 is 11.8 Å². The monoisotopic (exact) mass is 348 g/mol. The van der Waals surface area contributed by atoms with E-state index in [-0.39, 0.29) is 16.9 Å². The highest BCUT2D eigenvalue weighted by Gasteiger charge is 2.33. The molecule has 3 heterocycles. The molecule has 0 saturated carbocycles. The third-order valence-electron chi connectivity index (χ3n) is 3.62. The van der Waals surface area contributed by atoms with Crippen molar-refractivity contribution in [3.05, 3.63) is 28.4 Å². The summed E-state index contributed by atoms with van der Waals surface area (Å²) in [5.41, 5.74) is -0.0858. The standard InChI is InChI=1S/C16H20N4O5/c1-16(2,3)25-15(23)20-9-5-4-8-19(20)13(21)10-6-7-11-12(17-10)18-14(22)24-11/h6-7H,4-5,8-9H2,1-3H3,(H,17,18,22). The summed E-state index contributed by atoms with van der Waals surface area (Å²) in [5, 5.41) is 2.64. The summed E-state index contributed by atoms with van der Waals surface area (Å²) < 4.78 is 10.3. The first-order valence-electron chi connectivity index (χ1n) is 8.07. The maximum absolute atomic E-state index is 12.8. The van der Waals surface area contributed by atoms with Gasteiger partial charge in [0.15, 0.2) is 11.2 Å². The molecule has 2 aromatic rings. The minimum Gasteiger partial charge on any atom is -0.442 e. The topological polar surface area (TPSA) is 109 Å². The number of nitrogens with zero attached hydrogens (tertiary/aromatic N) is 3. The van der Waals surface area contributed by atoms with Crippen LogP contribution in [0, 0.1) is 0 Å². The van der Waals surface area contributed by atoms with Crippen LogP contribution in [0.3, 0.4) is 0 Å². The Kier molecular flexibility index (Phi) is 4.23. The number of nitrogens with one attached hydrogen (secondary N) is 1. The molecule has 0 aliphatic carbocycles. The molecule has 134 valence electrons. The molecule has 0 spiro atoms. The Balaban J connectivity index is 1.86. The van der Waals surface area contributed by atoms with Crippen LogP contribution in [0.4, 0.5) is 4.79 Å². The fraction of sp³-hybridized carbons (Fsp3) is 0.500. The lowest BCUT2D eigenvalue weighted by molar-refractivity contribution is -0.0507. The van der Waals surface area contributed by atoms with Gasteiger partial charge < -0.3 is 9.15 Å². The predicted octanol–water partition coefficient (Wildman–Crippen LogP) is 1.90. The zero-order valence-corrected chi connectivity index (χ0v) is 14.4. The molecule has 9 nitrogen and oxygen atoms in total.